The second-order valence-electron chi connectivity index (χ2n) is 7.73. The Bertz CT molecular complexity index is 786. The first kappa shape index (κ1) is 19.5. The molecule has 2 aromatic rings. The number of nitrogens with zero attached hydrogens (tertiary/aromatic N) is 3. The van der Waals surface area contributed by atoms with Crippen LogP contribution in [0.5, 0.6) is 0 Å². The van der Waals surface area contributed by atoms with Crippen molar-refractivity contribution in [1.82, 2.24) is 14.8 Å². The molecule has 0 bridgehead atoms. The fraction of sp³-hybridized carbons (Fsp3) is 0.455. The number of pyridine rings is 1. The van der Waals surface area contributed by atoms with E-state index >= 15 is 0 Å². The molecule has 1 aliphatic heterocycles. The van der Waals surface area contributed by atoms with Crippen molar-refractivity contribution >= 4 is 5.91 Å². The van der Waals surface area contributed by atoms with Gasteiger partial charge < -0.3 is 10.0 Å². The molecular formula is C22H29N3O2. The molecule has 0 radical (unpaired) electrons. The van der Waals surface area contributed by atoms with E-state index in [1.807, 2.05) is 58.3 Å². The first-order chi connectivity index (χ1) is 12.8. The number of β-amino-alcohol motifs (C(OH)–C–C–N with tert-alkyl or cyclic N) is 1. The van der Waals surface area contributed by atoms with Crippen LogP contribution in [0.3, 0.4) is 0 Å². The molecule has 144 valence electrons. The van der Waals surface area contributed by atoms with Gasteiger partial charge in [-0.1, -0.05) is 30.3 Å². The van der Waals surface area contributed by atoms with Gasteiger partial charge in [0.05, 0.1) is 18.1 Å². The summed E-state index contributed by atoms with van der Waals surface area (Å²) in [4.78, 5) is 21.1. The average molecular weight is 367 g/mol. The van der Waals surface area contributed by atoms with Crippen LogP contribution in [0, 0.1) is 13.8 Å². The molecule has 1 N–H and O–H groups in total. The maximum Gasteiger partial charge on any atom is 0.227 e. The molecule has 1 amide bonds. The van der Waals surface area contributed by atoms with Gasteiger partial charge in [-0.05, 0) is 57.6 Å². The lowest BCUT2D eigenvalue weighted by Gasteiger charge is -2.49. The molecule has 2 heterocycles. The van der Waals surface area contributed by atoms with Gasteiger partial charge in [-0.2, -0.15) is 0 Å². The first-order valence-corrected chi connectivity index (χ1v) is 9.46. The number of likely N-dealkylation sites (N-methyl/N-ethyl adjacent to an activating group) is 1. The van der Waals surface area contributed by atoms with Crippen molar-refractivity contribution in [2.45, 2.75) is 38.3 Å². The summed E-state index contributed by atoms with van der Waals surface area (Å²) in [7, 11) is 3.99. The molecule has 0 spiro atoms. The van der Waals surface area contributed by atoms with Crippen LogP contribution < -0.4 is 0 Å². The number of aromatic nitrogens is 1. The van der Waals surface area contributed by atoms with Crippen molar-refractivity contribution < 1.29 is 9.90 Å². The van der Waals surface area contributed by atoms with Crippen molar-refractivity contribution in [2.24, 2.45) is 0 Å². The van der Waals surface area contributed by atoms with E-state index in [2.05, 4.69) is 22.0 Å². The monoisotopic (exact) mass is 367 g/mol. The van der Waals surface area contributed by atoms with Gasteiger partial charge in [-0.3, -0.25) is 14.7 Å². The van der Waals surface area contributed by atoms with Crippen molar-refractivity contribution in [1.29, 1.82) is 0 Å². The smallest absolute Gasteiger partial charge is 0.227 e. The number of aliphatic hydroxyl groups is 1. The summed E-state index contributed by atoms with van der Waals surface area (Å²) in [5, 5.41) is 11.1. The summed E-state index contributed by atoms with van der Waals surface area (Å²) in [5.41, 5.74) is 3.45. The molecule has 27 heavy (non-hydrogen) atoms. The number of rotatable bonds is 4. The van der Waals surface area contributed by atoms with Gasteiger partial charge in [-0.15, -0.1) is 0 Å². The van der Waals surface area contributed by atoms with Gasteiger partial charge in [0.1, 0.15) is 0 Å². The number of benzene rings is 1. The van der Waals surface area contributed by atoms with Crippen LogP contribution in [0.2, 0.25) is 0 Å². The van der Waals surface area contributed by atoms with Crippen LogP contribution in [0.15, 0.2) is 42.5 Å². The lowest BCUT2D eigenvalue weighted by molar-refractivity contribution is -0.140. The molecule has 1 aromatic heterocycles. The third-order valence-electron chi connectivity index (χ3n) is 5.63. The number of hydrogen-bond donors (Lipinski definition) is 1. The third-order valence-corrected chi connectivity index (χ3v) is 5.63. The highest BCUT2D eigenvalue weighted by Crippen LogP contribution is 2.37. The Balaban J connectivity index is 1.76. The van der Waals surface area contributed by atoms with E-state index in [4.69, 9.17) is 0 Å². The molecule has 3 rings (SSSR count). The number of carbonyl (C=O) groups excluding carboxylic acids is 1. The Morgan fingerprint density at radius 3 is 2.41 bits per heavy atom. The normalized spacial score (nSPS) is 22.9. The second-order valence-corrected chi connectivity index (χ2v) is 7.73. The van der Waals surface area contributed by atoms with Crippen LogP contribution in [0.1, 0.15) is 28.9 Å². The number of piperidine rings is 1. The summed E-state index contributed by atoms with van der Waals surface area (Å²) in [5.74, 6) is 0.0551. The van der Waals surface area contributed by atoms with Gasteiger partial charge in [0.2, 0.25) is 5.91 Å². The molecule has 1 saturated heterocycles. The van der Waals surface area contributed by atoms with Gasteiger partial charge >= 0.3 is 0 Å². The van der Waals surface area contributed by atoms with Crippen molar-refractivity contribution in [3.8, 4) is 0 Å². The standard InChI is InChI=1S/C22H29N3O2/c1-16-12-18(13-17(2)23-16)14-21(27)25-11-10-22(24(3)4,20(26)15-25)19-8-6-5-7-9-19/h5-9,12-13,20,26H,10-11,14-15H2,1-4H3/t20-,22+/m1/s1. The lowest BCUT2D eigenvalue weighted by atomic mass is 9.77. The van der Waals surface area contributed by atoms with E-state index in [1.165, 1.54) is 0 Å². The van der Waals surface area contributed by atoms with Gasteiger partial charge in [0.25, 0.3) is 0 Å². The number of amides is 1. The number of carbonyl (C=O) groups is 1. The maximum atomic E-state index is 12.8. The van der Waals surface area contributed by atoms with E-state index in [0.29, 0.717) is 25.9 Å². The van der Waals surface area contributed by atoms with E-state index < -0.39 is 11.6 Å². The van der Waals surface area contributed by atoms with Crippen LogP contribution in [-0.2, 0) is 16.8 Å². The minimum absolute atomic E-state index is 0.0551. The molecule has 1 aliphatic rings. The summed E-state index contributed by atoms with van der Waals surface area (Å²) >= 11 is 0. The highest BCUT2D eigenvalue weighted by Gasteiger charge is 2.46. The Hall–Kier alpha value is -2.24. The molecule has 1 fully saturated rings. The number of likely N-dealkylation sites (tertiary alicyclic amines) is 1. The molecule has 2 atom stereocenters. The number of hydrogen-bond acceptors (Lipinski definition) is 4. The van der Waals surface area contributed by atoms with Gasteiger partial charge in [0, 0.05) is 24.5 Å². The van der Waals surface area contributed by atoms with E-state index in [9.17, 15) is 9.90 Å². The third kappa shape index (κ3) is 3.89. The van der Waals surface area contributed by atoms with Crippen LogP contribution >= 0.6 is 0 Å². The van der Waals surface area contributed by atoms with Crippen LogP contribution in [-0.4, -0.2) is 59.1 Å². The molecule has 5 heteroatoms. The van der Waals surface area contributed by atoms with Crippen molar-refractivity contribution in [3.05, 3.63) is 65.0 Å². The Morgan fingerprint density at radius 1 is 1.22 bits per heavy atom. The maximum absolute atomic E-state index is 12.8. The summed E-state index contributed by atoms with van der Waals surface area (Å²) in [6.07, 6.45) is 0.399. The summed E-state index contributed by atoms with van der Waals surface area (Å²) in [6, 6.07) is 14.0. The minimum atomic E-state index is -0.645. The van der Waals surface area contributed by atoms with E-state index in [-0.39, 0.29) is 5.91 Å². The zero-order valence-electron chi connectivity index (χ0n) is 16.6. The fourth-order valence-electron chi connectivity index (χ4n) is 4.30. The molecule has 0 unspecified atom stereocenters. The zero-order chi connectivity index (χ0) is 19.6. The lowest BCUT2D eigenvalue weighted by Crippen LogP contribution is -2.61. The predicted octanol–water partition coefficient (Wildman–Crippen LogP) is 2.29. The summed E-state index contributed by atoms with van der Waals surface area (Å²) < 4.78 is 0. The summed E-state index contributed by atoms with van der Waals surface area (Å²) in [6.45, 7) is 4.86. The van der Waals surface area contributed by atoms with E-state index in [1.54, 1.807) is 4.90 Å². The number of aliphatic hydroxyl groups excluding tert-OH is 1. The molecular weight excluding hydrogens is 338 g/mol. The second kappa shape index (κ2) is 7.79. The Kier molecular flexibility index (Phi) is 5.63. The molecule has 5 nitrogen and oxygen atoms in total. The molecule has 1 aromatic carbocycles. The minimum Gasteiger partial charge on any atom is -0.389 e. The first-order valence-electron chi connectivity index (χ1n) is 9.46. The van der Waals surface area contributed by atoms with Gasteiger partial charge in [-0.25, -0.2) is 0 Å². The van der Waals surface area contributed by atoms with Crippen molar-refractivity contribution in [2.75, 3.05) is 27.2 Å². The topological polar surface area (TPSA) is 56.7 Å². The SMILES string of the molecule is Cc1cc(CC(=O)N2CC[C@@](c3ccccc3)(N(C)C)[C@H](O)C2)cc(C)n1. The molecule has 0 aliphatic carbocycles. The zero-order valence-corrected chi connectivity index (χ0v) is 16.6. The predicted molar refractivity (Wildman–Crippen MR) is 106 cm³/mol. The van der Waals surface area contributed by atoms with E-state index in [0.717, 1.165) is 22.5 Å². The van der Waals surface area contributed by atoms with Crippen LogP contribution in [0.25, 0.3) is 0 Å². The quantitative estimate of drug-likeness (QED) is 0.901. The number of aryl methyl sites for hydroxylation is 2. The highest BCUT2D eigenvalue weighted by atomic mass is 16.3. The van der Waals surface area contributed by atoms with Crippen molar-refractivity contribution in [3.63, 3.8) is 0 Å². The Morgan fingerprint density at radius 2 is 1.85 bits per heavy atom. The fourth-order valence-corrected chi connectivity index (χ4v) is 4.30. The highest BCUT2D eigenvalue weighted by molar-refractivity contribution is 5.79. The average Bonchev–Trinajstić information content (AvgIpc) is 2.61. The van der Waals surface area contributed by atoms with Gasteiger partial charge in [0.15, 0.2) is 0 Å². The Labute approximate surface area is 161 Å². The molecule has 0 saturated carbocycles. The largest absolute Gasteiger partial charge is 0.389 e. The van der Waals surface area contributed by atoms with Crippen LogP contribution in [0.4, 0.5) is 0 Å².